The minimum absolute atomic E-state index is 0.333. The van der Waals surface area contributed by atoms with Gasteiger partial charge in [-0.2, -0.15) is 0 Å². The number of para-hydroxylation sites is 2. The standard InChI is InChI=1S/C15H19N3O/c1-9(18-6-10-11(7-18)12(10)8-19)15-16-13-4-2-3-5-14(13)17-15/h2-5,9-12,19H,6-8H2,1H3,(H,16,17). The Bertz CT molecular complexity index is 563. The van der Waals surface area contributed by atoms with Gasteiger partial charge in [0.05, 0.1) is 17.1 Å². The summed E-state index contributed by atoms with van der Waals surface area (Å²) >= 11 is 0. The minimum Gasteiger partial charge on any atom is -0.396 e. The van der Waals surface area contributed by atoms with E-state index in [1.165, 1.54) is 0 Å². The van der Waals surface area contributed by atoms with Gasteiger partial charge < -0.3 is 10.1 Å². The lowest BCUT2D eigenvalue weighted by atomic mass is 10.2. The van der Waals surface area contributed by atoms with Crippen LogP contribution in [0.1, 0.15) is 18.8 Å². The normalized spacial score (nSPS) is 31.6. The molecular formula is C15H19N3O. The van der Waals surface area contributed by atoms with Crippen molar-refractivity contribution in [1.29, 1.82) is 0 Å². The van der Waals surface area contributed by atoms with E-state index < -0.39 is 0 Å². The van der Waals surface area contributed by atoms with Gasteiger partial charge in [-0.25, -0.2) is 4.98 Å². The summed E-state index contributed by atoms with van der Waals surface area (Å²) in [6.07, 6.45) is 0. The molecule has 3 atom stereocenters. The van der Waals surface area contributed by atoms with Crippen molar-refractivity contribution in [3.05, 3.63) is 30.1 Å². The molecule has 1 saturated heterocycles. The zero-order chi connectivity index (χ0) is 13.0. The second-order valence-corrected chi connectivity index (χ2v) is 5.94. The van der Waals surface area contributed by atoms with Crippen molar-refractivity contribution >= 4 is 11.0 Å². The van der Waals surface area contributed by atoms with Crippen LogP contribution in [0.15, 0.2) is 24.3 Å². The number of fused-ring (bicyclic) bond motifs is 2. The number of nitrogens with one attached hydrogen (secondary N) is 1. The fourth-order valence-electron chi connectivity index (χ4n) is 3.61. The van der Waals surface area contributed by atoms with Gasteiger partial charge in [0, 0.05) is 19.7 Å². The van der Waals surface area contributed by atoms with Crippen molar-refractivity contribution in [3.8, 4) is 0 Å². The molecule has 1 aliphatic carbocycles. The first-order valence-electron chi connectivity index (χ1n) is 7.07. The highest BCUT2D eigenvalue weighted by molar-refractivity contribution is 5.74. The highest BCUT2D eigenvalue weighted by Gasteiger charge is 2.55. The quantitative estimate of drug-likeness (QED) is 0.881. The van der Waals surface area contributed by atoms with Crippen LogP contribution in [0.5, 0.6) is 0 Å². The first-order valence-corrected chi connectivity index (χ1v) is 7.07. The minimum atomic E-state index is 0.333. The molecule has 0 bridgehead atoms. The molecule has 1 aliphatic heterocycles. The predicted molar refractivity (Wildman–Crippen MR) is 73.6 cm³/mol. The summed E-state index contributed by atoms with van der Waals surface area (Å²) in [5.41, 5.74) is 2.16. The smallest absolute Gasteiger partial charge is 0.124 e. The molecule has 2 aliphatic rings. The van der Waals surface area contributed by atoms with E-state index in [1.807, 2.05) is 18.2 Å². The van der Waals surface area contributed by atoms with Crippen LogP contribution < -0.4 is 0 Å². The van der Waals surface area contributed by atoms with Crippen LogP contribution in [0.25, 0.3) is 11.0 Å². The number of piperidine rings is 1. The molecule has 1 saturated carbocycles. The third kappa shape index (κ3) is 1.70. The summed E-state index contributed by atoms with van der Waals surface area (Å²) in [6.45, 7) is 4.79. The molecule has 0 radical (unpaired) electrons. The molecule has 0 spiro atoms. The Balaban J connectivity index is 1.53. The van der Waals surface area contributed by atoms with Crippen molar-refractivity contribution in [2.75, 3.05) is 19.7 Å². The maximum absolute atomic E-state index is 9.21. The summed E-state index contributed by atoms with van der Waals surface area (Å²) < 4.78 is 0. The van der Waals surface area contributed by atoms with Crippen molar-refractivity contribution < 1.29 is 5.11 Å². The van der Waals surface area contributed by atoms with Gasteiger partial charge in [-0.1, -0.05) is 12.1 Å². The van der Waals surface area contributed by atoms with Crippen LogP contribution in [0.2, 0.25) is 0 Å². The van der Waals surface area contributed by atoms with E-state index in [1.54, 1.807) is 0 Å². The topological polar surface area (TPSA) is 52.2 Å². The molecule has 2 N–H and O–H groups in total. The number of aliphatic hydroxyl groups is 1. The molecule has 3 unspecified atom stereocenters. The average Bonchev–Trinajstić information content (AvgIpc) is 2.84. The number of hydrogen-bond donors (Lipinski definition) is 2. The Morgan fingerprint density at radius 1 is 1.37 bits per heavy atom. The van der Waals surface area contributed by atoms with Gasteiger partial charge in [-0.05, 0) is 36.8 Å². The largest absolute Gasteiger partial charge is 0.396 e. The molecule has 100 valence electrons. The molecule has 1 aromatic heterocycles. The van der Waals surface area contributed by atoms with Gasteiger partial charge in [-0.15, -0.1) is 0 Å². The molecule has 0 amide bonds. The Hall–Kier alpha value is -1.39. The SMILES string of the molecule is CC(c1nc2ccccc2[nH]1)N1CC2C(CO)C2C1. The Morgan fingerprint density at radius 3 is 2.79 bits per heavy atom. The number of aromatic nitrogens is 2. The van der Waals surface area contributed by atoms with Gasteiger partial charge in [0.2, 0.25) is 0 Å². The fraction of sp³-hybridized carbons (Fsp3) is 0.533. The highest BCUT2D eigenvalue weighted by atomic mass is 16.3. The first kappa shape index (κ1) is 11.4. The van der Waals surface area contributed by atoms with Crippen molar-refractivity contribution in [3.63, 3.8) is 0 Å². The highest BCUT2D eigenvalue weighted by Crippen LogP contribution is 2.52. The summed E-state index contributed by atoms with van der Waals surface area (Å²) in [4.78, 5) is 10.6. The predicted octanol–water partition coefficient (Wildman–Crippen LogP) is 1.79. The molecule has 2 fully saturated rings. The van der Waals surface area contributed by atoms with E-state index in [4.69, 9.17) is 0 Å². The number of nitrogens with zero attached hydrogens (tertiary/aromatic N) is 2. The second kappa shape index (κ2) is 4.05. The fourth-order valence-corrected chi connectivity index (χ4v) is 3.61. The maximum atomic E-state index is 9.21. The van der Waals surface area contributed by atoms with Gasteiger partial charge in [0.15, 0.2) is 0 Å². The number of rotatable bonds is 3. The maximum Gasteiger partial charge on any atom is 0.124 e. The van der Waals surface area contributed by atoms with E-state index in [2.05, 4.69) is 27.9 Å². The summed E-state index contributed by atoms with van der Waals surface area (Å²) in [5, 5.41) is 9.21. The Labute approximate surface area is 112 Å². The first-order chi connectivity index (χ1) is 9.28. The number of aromatic amines is 1. The monoisotopic (exact) mass is 257 g/mol. The Kier molecular flexibility index (Phi) is 2.44. The van der Waals surface area contributed by atoms with Crippen LogP contribution in [-0.2, 0) is 0 Å². The van der Waals surface area contributed by atoms with Crippen molar-refractivity contribution in [2.45, 2.75) is 13.0 Å². The van der Waals surface area contributed by atoms with Gasteiger partial charge in [0.25, 0.3) is 0 Å². The van der Waals surface area contributed by atoms with Gasteiger partial charge >= 0.3 is 0 Å². The summed E-state index contributed by atoms with van der Waals surface area (Å²) in [7, 11) is 0. The molecule has 4 rings (SSSR count). The molecule has 19 heavy (non-hydrogen) atoms. The van der Waals surface area contributed by atoms with Crippen molar-refractivity contribution in [1.82, 2.24) is 14.9 Å². The third-order valence-corrected chi connectivity index (χ3v) is 4.96. The van der Waals surface area contributed by atoms with Crippen LogP contribution in [0.3, 0.4) is 0 Å². The third-order valence-electron chi connectivity index (χ3n) is 4.96. The number of hydrogen-bond acceptors (Lipinski definition) is 3. The van der Waals surface area contributed by atoms with Crippen LogP contribution >= 0.6 is 0 Å². The summed E-state index contributed by atoms with van der Waals surface area (Å²) in [5.74, 6) is 3.07. The van der Waals surface area contributed by atoms with E-state index in [0.29, 0.717) is 18.6 Å². The van der Waals surface area contributed by atoms with Crippen LogP contribution in [-0.4, -0.2) is 39.7 Å². The number of likely N-dealkylation sites (tertiary alicyclic amines) is 1. The molecular weight excluding hydrogens is 238 g/mol. The van der Waals surface area contributed by atoms with E-state index in [-0.39, 0.29) is 0 Å². The summed E-state index contributed by atoms with van der Waals surface area (Å²) in [6, 6.07) is 8.51. The lowest BCUT2D eigenvalue weighted by Gasteiger charge is -2.24. The number of H-pyrrole nitrogens is 1. The second-order valence-electron chi connectivity index (χ2n) is 5.94. The lowest BCUT2D eigenvalue weighted by Crippen LogP contribution is -2.29. The van der Waals surface area contributed by atoms with Gasteiger partial charge in [-0.3, -0.25) is 4.90 Å². The molecule has 4 heteroatoms. The van der Waals surface area contributed by atoms with Crippen LogP contribution in [0, 0.1) is 17.8 Å². The van der Waals surface area contributed by atoms with E-state index in [0.717, 1.165) is 41.8 Å². The number of benzene rings is 1. The number of aliphatic hydroxyl groups excluding tert-OH is 1. The molecule has 2 aromatic rings. The van der Waals surface area contributed by atoms with Crippen molar-refractivity contribution in [2.24, 2.45) is 17.8 Å². The molecule has 1 aromatic carbocycles. The van der Waals surface area contributed by atoms with Crippen LogP contribution in [0.4, 0.5) is 0 Å². The average molecular weight is 257 g/mol. The van der Waals surface area contributed by atoms with E-state index >= 15 is 0 Å². The van der Waals surface area contributed by atoms with E-state index in [9.17, 15) is 5.11 Å². The molecule has 4 nitrogen and oxygen atoms in total. The molecule has 2 heterocycles. The van der Waals surface area contributed by atoms with Gasteiger partial charge in [0.1, 0.15) is 5.82 Å². The number of imidazole rings is 1. The zero-order valence-corrected chi connectivity index (χ0v) is 11.1. The zero-order valence-electron chi connectivity index (χ0n) is 11.1. The Morgan fingerprint density at radius 2 is 2.11 bits per heavy atom. The lowest BCUT2D eigenvalue weighted by molar-refractivity contribution is 0.187.